The number of aryl methyl sites for hydroxylation is 2. The van der Waals surface area contributed by atoms with Crippen molar-refractivity contribution in [3.8, 4) is 0 Å². The maximum absolute atomic E-state index is 4.06. The van der Waals surface area contributed by atoms with E-state index in [1.807, 2.05) is 20.0 Å². The molecule has 0 spiro atoms. The van der Waals surface area contributed by atoms with Crippen molar-refractivity contribution in [1.82, 2.24) is 9.97 Å². The molecule has 1 heterocycles. The van der Waals surface area contributed by atoms with Gasteiger partial charge in [0, 0.05) is 6.20 Å². The molecule has 0 aliphatic rings. The number of aromatic nitrogens is 2. The zero-order valence-corrected chi connectivity index (χ0v) is 5.02. The minimum Gasteiger partial charge on any atom is -0.412 e. The van der Waals surface area contributed by atoms with Gasteiger partial charge >= 0.3 is 0 Å². The molecule has 46 valence electrons. The topological polar surface area (TPSA) is 60.2 Å². The van der Waals surface area contributed by atoms with Gasteiger partial charge in [-0.15, -0.1) is 0 Å². The lowest BCUT2D eigenvalue weighted by molar-refractivity contribution is 0.824. The normalized spacial score (nSPS) is 8.25. The van der Waals surface area contributed by atoms with Crippen LogP contribution < -0.4 is 0 Å². The molecular weight excluding hydrogens is 104 g/mol. The Morgan fingerprint density at radius 2 is 2.12 bits per heavy atom. The van der Waals surface area contributed by atoms with Crippen molar-refractivity contribution in [3.63, 3.8) is 0 Å². The maximum atomic E-state index is 4.06. The van der Waals surface area contributed by atoms with Crippen molar-refractivity contribution in [1.29, 1.82) is 0 Å². The van der Waals surface area contributed by atoms with E-state index in [1.54, 1.807) is 0 Å². The predicted molar refractivity (Wildman–Crippen MR) is 31.7 cm³/mol. The largest absolute Gasteiger partial charge is 0.412 e. The summed E-state index contributed by atoms with van der Waals surface area (Å²) in [6.07, 6.45) is 1.88. The first-order valence-electron chi connectivity index (χ1n) is 2.27. The lowest BCUT2D eigenvalue weighted by atomic mass is 10.6. The number of imidazole rings is 1. The van der Waals surface area contributed by atoms with Crippen molar-refractivity contribution in [2.45, 2.75) is 13.8 Å². The van der Waals surface area contributed by atoms with E-state index in [2.05, 4.69) is 9.97 Å². The minimum absolute atomic E-state index is 0. The van der Waals surface area contributed by atoms with E-state index >= 15 is 0 Å². The van der Waals surface area contributed by atoms with Gasteiger partial charge in [-0.1, -0.05) is 0 Å². The van der Waals surface area contributed by atoms with Crippen LogP contribution in [-0.2, 0) is 0 Å². The van der Waals surface area contributed by atoms with Crippen LogP contribution in [0, 0.1) is 13.8 Å². The average molecular weight is 114 g/mol. The molecule has 0 aliphatic heterocycles. The van der Waals surface area contributed by atoms with Crippen LogP contribution >= 0.6 is 0 Å². The summed E-state index contributed by atoms with van der Waals surface area (Å²) >= 11 is 0. The predicted octanol–water partition coefficient (Wildman–Crippen LogP) is 0.202. The highest BCUT2D eigenvalue weighted by Gasteiger charge is 1.84. The second kappa shape index (κ2) is 2.47. The number of rotatable bonds is 0. The Morgan fingerprint density at radius 3 is 2.25 bits per heavy atom. The molecule has 0 amide bonds. The molecule has 0 bridgehead atoms. The van der Waals surface area contributed by atoms with E-state index in [1.165, 1.54) is 0 Å². The van der Waals surface area contributed by atoms with E-state index in [0.29, 0.717) is 0 Å². The number of nitrogens with zero attached hydrogens (tertiary/aromatic N) is 1. The van der Waals surface area contributed by atoms with Crippen LogP contribution in [0.2, 0.25) is 0 Å². The molecule has 0 radical (unpaired) electrons. The van der Waals surface area contributed by atoms with Crippen LogP contribution in [0.4, 0.5) is 0 Å². The third kappa shape index (κ3) is 1.35. The maximum Gasteiger partial charge on any atom is 0.103 e. The number of hydrogen-bond donors (Lipinski definition) is 1. The van der Waals surface area contributed by atoms with Gasteiger partial charge in [0.15, 0.2) is 0 Å². The van der Waals surface area contributed by atoms with Gasteiger partial charge in [0.05, 0.1) is 5.69 Å². The molecular formula is C5H10N2O. The van der Waals surface area contributed by atoms with E-state index in [-0.39, 0.29) is 5.48 Å². The first kappa shape index (κ1) is 7.17. The van der Waals surface area contributed by atoms with Gasteiger partial charge in [0.2, 0.25) is 0 Å². The van der Waals surface area contributed by atoms with Gasteiger partial charge in [0.1, 0.15) is 5.82 Å². The molecule has 3 N–H and O–H groups in total. The molecule has 8 heavy (non-hydrogen) atoms. The Bertz CT molecular complexity index is 143. The number of nitrogens with one attached hydrogen (secondary N) is 1. The Labute approximate surface area is 48.1 Å². The van der Waals surface area contributed by atoms with Gasteiger partial charge in [-0.3, -0.25) is 0 Å². The van der Waals surface area contributed by atoms with Crippen molar-refractivity contribution in [3.05, 3.63) is 17.7 Å². The van der Waals surface area contributed by atoms with Crippen molar-refractivity contribution < 1.29 is 5.48 Å². The molecule has 1 aromatic heterocycles. The number of aromatic amines is 1. The number of hydrogen-bond acceptors (Lipinski definition) is 1. The summed E-state index contributed by atoms with van der Waals surface area (Å²) in [7, 11) is 0. The average Bonchev–Trinajstić information content (AvgIpc) is 1.87. The molecule has 0 aromatic carbocycles. The summed E-state index contributed by atoms with van der Waals surface area (Å²) in [6, 6.07) is 0. The van der Waals surface area contributed by atoms with Crippen LogP contribution in [-0.4, -0.2) is 15.4 Å². The summed E-state index contributed by atoms with van der Waals surface area (Å²) in [4.78, 5) is 7.01. The first-order valence-corrected chi connectivity index (χ1v) is 2.27. The van der Waals surface area contributed by atoms with E-state index in [9.17, 15) is 0 Å². The standard InChI is InChI=1S/C5H8N2.H2O/c1-4-3-6-5(2)7-4;/h3H,1-2H3,(H,6,7);1H2. The Kier molecular flexibility index (Phi) is 2.21. The summed E-state index contributed by atoms with van der Waals surface area (Å²) < 4.78 is 0. The zero-order valence-electron chi connectivity index (χ0n) is 5.02. The van der Waals surface area contributed by atoms with Crippen LogP contribution in [0.5, 0.6) is 0 Å². The zero-order chi connectivity index (χ0) is 5.28. The van der Waals surface area contributed by atoms with E-state index in [4.69, 9.17) is 0 Å². The van der Waals surface area contributed by atoms with Gasteiger partial charge in [-0.2, -0.15) is 0 Å². The second-order valence-electron chi connectivity index (χ2n) is 1.63. The lowest BCUT2D eigenvalue weighted by Crippen LogP contribution is -1.70. The summed E-state index contributed by atoms with van der Waals surface area (Å²) in [5.74, 6) is 0.984. The molecule has 0 aliphatic carbocycles. The van der Waals surface area contributed by atoms with Gasteiger partial charge in [-0.05, 0) is 13.8 Å². The highest BCUT2D eigenvalue weighted by molar-refractivity contribution is 4.95. The van der Waals surface area contributed by atoms with E-state index < -0.39 is 0 Å². The van der Waals surface area contributed by atoms with E-state index in [0.717, 1.165) is 11.5 Å². The Balaban J connectivity index is 0.000000490. The fraction of sp³-hybridized carbons (Fsp3) is 0.400. The fourth-order valence-corrected chi connectivity index (χ4v) is 0.538. The second-order valence-corrected chi connectivity index (χ2v) is 1.63. The quantitative estimate of drug-likeness (QED) is 0.514. The van der Waals surface area contributed by atoms with Crippen molar-refractivity contribution in [2.75, 3.05) is 0 Å². The molecule has 1 rings (SSSR count). The van der Waals surface area contributed by atoms with Crippen LogP contribution in [0.3, 0.4) is 0 Å². The highest BCUT2D eigenvalue weighted by Crippen LogP contribution is 1.89. The molecule has 1 aromatic rings. The molecule has 0 saturated carbocycles. The Hall–Kier alpha value is -0.830. The highest BCUT2D eigenvalue weighted by atomic mass is 16.0. The van der Waals surface area contributed by atoms with Gasteiger partial charge < -0.3 is 10.5 Å². The van der Waals surface area contributed by atoms with Crippen molar-refractivity contribution >= 4 is 0 Å². The molecule has 3 heteroatoms. The summed E-state index contributed by atoms with van der Waals surface area (Å²) in [5.41, 5.74) is 1.05. The van der Waals surface area contributed by atoms with Crippen LogP contribution in [0.15, 0.2) is 6.20 Å². The molecule has 0 unspecified atom stereocenters. The molecule has 3 nitrogen and oxygen atoms in total. The van der Waals surface area contributed by atoms with Crippen LogP contribution in [0.1, 0.15) is 11.5 Å². The lowest BCUT2D eigenvalue weighted by Gasteiger charge is -1.71. The Morgan fingerprint density at radius 1 is 1.50 bits per heavy atom. The van der Waals surface area contributed by atoms with Gasteiger partial charge in [-0.25, -0.2) is 4.98 Å². The summed E-state index contributed by atoms with van der Waals surface area (Å²) in [6.45, 7) is 3.90. The van der Waals surface area contributed by atoms with Crippen molar-refractivity contribution in [2.24, 2.45) is 0 Å². The number of H-pyrrole nitrogens is 1. The summed E-state index contributed by atoms with van der Waals surface area (Å²) in [5, 5.41) is 0. The smallest absolute Gasteiger partial charge is 0.103 e. The monoisotopic (exact) mass is 114 g/mol. The van der Waals surface area contributed by atoms with Crippen LogP contribution in [0.25, 0.3) is 0 Å². The minimum atomic E-state index is 0. The third-order valence-electron chi connectivity index (χ3n) is 0.834. The fourth-order valence-electron chi connectivity index (χ4n) is 0.538. The molecule has 0 atom stereocenters. The van der Waals surface area contributed by atoms with Gasteiger partial charge in [0.25, 0.3) is 0 Å². The first-order chi connectivity index (χ1) is 3.29. The third-order valence-corrected chi connectivity index (χ3v) is 0.834. The molecule has 0 fully saturated rings. The SMILES string of the molecule is Cc1c[nH]c(C)n1.O. The molecule has 0 saturated heterocycles.